The van der Waals surface area contributed by atoms with Crippen LogP contribution in [0.3, 0.4) is 0 Å². The van der Waals surface area contributed by atoms with E-state index in [0.717, 1.165) is 5.56 Å². The van der Waals surface area contributed by atoms with E-state index in [-0.39, 0.29) is 31.3 Å². The van der Waals surface area contributed by atoms with Crippen LogP contribution in [0.15, 0.2) is 30.3 Å². The van der Waals surface area contributed by atoms with Gasteiger partial charge in [0.05, 0.1) is 6.61 Å². The molecule has 3 nitrogen and oxygen atoms in total. The van der Waals surface area contributed by atoms with Gasteiger partial charge in [0.15, 0.2) is 0 Å². The van der Waals surface area contributed by atoms with Gasteiger partial charge in [-0.1, -0.05) is 24.3 Å². The number of carbonyl (C=O) groups excluding carboxylic acids is 1. The van der Waals surface area contributed by atoms with Gasteiger partial charge in [0.2, 0.25) is 5.91 Å². The zero-order valence-electron chi connectivity index (χ0n) is 8.82. The number of amides is 1. The van der Waals surface area contributed by atoms with Gasteiger partial charge >= 0.3 is 0 Å². The zero-order valence-corrected chi connectivity index (χ0v) is 8.82. The second-order valence-corrected chi connectivity index (χ2v) is 3.23. The fourth-order valence-corrected chi connectivity index (χ4v) is 1.14. The van der Waals surface area contributed by atoms with Crippen molar-refractivity contribution in [3.63, 3.8) is 0 Å². The smallest absolute Gasteiger partial charge is 0.223 e. The Morgan fingerprint density at radius 1 is 1.38 bits per heavy atom. The molecule has 0 aliphatic rings. The normalized spacial score (nSPS) is 10.6. The van der Waals surface area contributed by atoms with Crippen molar-refractivity contribution in [2.24, 2.45) is 0 Å². The van der Waals surface area contributed by atoms with E-state index in [2.05, 4.69) is 5.32 Å². The highest BCUT2D eigenvalue weighted by Gasteiger charge is 1.95. The monoisotopic (exact) mass is 223 g/mol. The summed E-state index contributed by atoms with van der Waals surface area (Å²) in [5, 5.41) is 11.0. The lowest BCUT2D eigenvalue weighted by Gasteiger charge is -1.99. The maximum atomic E-state index is 12.6. The molecule has 0 atom stereocenters. The van der Waals surface area contributed by atoms with Gasteiger partial charge in [0.1, 0.15) is 5.82 Å². The van der Waals surface area contributed by atoms with Gasteiger partial charge in [-0.15, -0.1) is 0 Å². The molecule has 1 amide bonds. The van der Waals surface area contributed by atoms with E-state index in [1.165, 1.54) is 12.1 Å². The molecule has 0 radical (unpaired) electrons. The van der Waals surface area contributed by atoms with E-state index in [9.17, 15) is 9.18 Å². The van der Waals surface area contributed by atoms with Crippen molar-refractivity contribution in [2.45, 2.75) is 6.42 Å². The first-order chi connectivity index (χ1) is 7.72. The molecular weight excluding hydrogens is 209 g/mol. The van der Waals surface area contributed by atoms with Crippen LogP contribution >= 0.6 is 0 Å². The molecule has 0 aliphatic carbocycles. The fraction of sp³-hybridized carbons (Fsp3) is 0.250. The number of rotatable bonds is 5. The van der Waals surface area contributed by atoms with Crippen LogP contribution in [0.5, 0.6) is 0 Å². The van der Waals surface area contributed by atoms with Crippen molar-refractivity contribution < 1.29 is 14.3 Å². The van der Waals surface area contributed by atoms with E-state index in [1.54, 1.807) is 24.3 Å². The minimum absolute atomic E-state index is 0.0621. The summed E-state index contributed by atoms with van der Waals surface area (Å²) in [6, 6.07) is 6.01. The molecule has 0 fully saturated rings. The lowest BCUT2D eigenvalue weighted by Crippen LogP contribution is -2.25. The Morgan fingerprint density at radius 3 is 2.69 bits per heavy atom. The molecule has 1 aromatic carbocycles. The SMILES string of the molecule is O=C(C/C=C/c1ccc(F)cc1)NCCO. The molecule has 0 bridgehead atoms. The number of nitrogens with one attached hydrogen (secondary N) is 1. The molecule has 0 heterocycles. The first kappa shape index (κ1) is 12.4. The molecule has 0 aromatic heterocycles. The van der Waals surface area contributed by atoms with Gasteiger partial charge in [-0.25, -0.2) is 4.39 Å². The first-order valence-electron chi connectivity index (χ1n) is 5.02. The summed E-state index contributed by atoms with van der Waals surface area (Å²) < 4.78 is 12.6. The van der Waals surface area contributed by atoms with Gasteiger partial charge in [0.25, 0.3) is 0 Å². The predicted octanol–water partition coefficient (Wildman–Crippen LogP) is 1.34. The Kier molecular flexibility index (Phi) is 5.22. The summed E-state index contributed by atoms with van der Waals surface area (Å²) in [5.41, 5.74) is 0.844. The molecule has 86 valence electrons. The number of carbonyl (C=O) groups is 1. The summed E-state index contributed by atoms with van der Waals surface area (Å²) in [7, 11) is 0. The minimum atomic E-state index is -0.280. The molecule has 16 heavy (non-hydrogen) atoms. The average Bonchev–Trinajstić information content (AvgIpc) is 2.29. The third-order valence-electron chi connectivity index (χ3n) is 1.92. The van der Waals surface area contributed by atoms with E-state index >= 15 is 0 Å². The van der Waals surface area contributed by atoms with Gasteiger partial charge < -0.3 is 10.4 Å². The Bertz CT molecular complexity index is 360. The van der Waals surface area contributed by atoms with Gasteiger partial charge in [-0.05, 0) is 17.7 Å². The minimum Gasteiger partial charge on any atom is -0.395 e. The molecule has 0 saturated carbocycles. The zero-order chi connectivity index (χ0) is 11.8. The highest BCUT2D eigenvalue weighted by molar-refractivity contribution is 5.78. The average molecular weight is 223 g/mol. The number of aliphatic hydroxyl groups excluding tert-OH is 1. The van der Waals surface area contributed by atoms with Crippen LogP contribution in [0.2, 0.25) is 0 Å². The lowest BCUT2D eigenvalue weighted by molar-refractivity contribution is -0.120. The van der Waals surface area contributed by atoms with Gasteiger partial charge in [-0.3, -0.25) is 4.79 Å². The van der Waals surface area contributed by atoms with Crippen LogP contribution in [-0.2, 0) is 4.79 Å². The van der Waals surface area contributed by atoms with Crippen LogP contribution in [-0.4, -0.2) is 24.2 Å². The third-order valence-corrected chi connectivity index (χ3v) is 1.92. The molecule has 0 saturated heterocycles. The topological polar surface area (TPSA) is 49.3 Å². The Hall–Kier alpha value is -1.68. The van der Waals surface area contributed by atoms with Gasteiger partial charge in [0, 0.05) is 13.0 Å². The van der Waals surface area contributed by atoms with Crippen LogP contribution < -0.4 is 5.32 Å². The number of halogens is 1. The first-order valence-corrected chi connectivity index (χ1v) is 5.02. The Morgan fingerprint density at radius 2 is 2.06 bits per heavy atom. The predicted molar refractivity (Wildman–Crippen MR) is 60.1 cm³/mol. The van der Waals surface area contributed by atoms with Crippen molar-refractivity contribution >= 4 is 12.0 Å². The van der Waals surface area contributed by atoms with E-state index in [1.807, 2.05) is 0 Å². The summed E-state index contributed by atoms with van der Waals surface area (Å²) in [6.07, 6.45) is 3.69. The van der Waals surface area contributed by atoms with Crippen LogP contribution in [0.1, 0.15) is 12.0 Å². The molecule has 1 aromatic rings. The number of aliphatic hydroxyl groups is 1. The van der Waals surface area contributed by atoms with Crippen LogP contribution in [0.4, 0.5) is 4.39 Å². The largest absolute Gasteiger partial charge is 0.395 e. The van der Waals surface area contributed by atoms with E-state index < -0.39 is 0 Å². The maximum Gasteiger partial charge on any atom is 0.223 e. The standard InChI is InChI=1S/C12H14FNO2/c13-11-6-4-10(5-7-11)2-1-3-12(16)14-8-9-15/h1-2,4-7,15H,3,8-9H2,(H,14,16)/b2-1+. The highest BCUT2D eigenvalue weighted by atomic mass is 19.1. The lowest BCUT2D eigenvalue weighted by atomic mass is 10.2. The van der Waals surface area contributed by atoms with Crippen molar-refractivity contribution in [2.75, 3.05) is 13.2 Å². The molecule has 4 heteroatoms. The second kappa shape index (κ2) is 6.74. The van der Waals surface area contributed by atoms with E-state index in [4.69, 9.17) is 5.11 Å². The molecule has 2 N–H and O–H groups in total. The Labute approximate surface area is 93.6 Å². The molecule has 0 spiro atoms. The fourth-order valence-electron chi connectivity index (χ4n) is 1.14. The van der Waals surface area contributed by atoms with Crippen molar-refractivity contribution in [3.8, 4) is 0 Å². The van der Waals surface area contributed by atoms with Gasteiger partial charge in [-0.2, -0.15) is 0 Å². The molecule has 0 unspecified atom stereocenters. The molecule has 0 aliphatic heterocycles. The van der Waals surface area contributed by atoms with E-state index in [0.29, 0.717) is 0 Å². The number of benzene rings is 1. The highest BCUT2D eigenvalue weighted by Crippen LogP contribution is 2.04. The summed E-state index contributed by atoms with van der Waals surface area (Å²) in [6.45, 7) is 0.205. The molecule has 1 rings (SSSR count). The summed E-state index contributed by atoms with van der Waals surface area (Å²) >= 11 is 0. The quantitative estimate of drug-likeness (QED) is 0.791. The maximum absolute atomic E-state index is 12.6. The summed E-state index contributed by atoms with van der Waals surface area (Å²) in [4.78, 5) is 11.1. The summed E-state index contributed by atoms with van der Waals surface area (Å²) in [5.74, 6) is -0.426. The van der Waals surface area contributed by atoms with Crippen molar-refractivity contribution in [1.29, 1.82) is 0 Å². The van der Waals surface area contributed by atoms with Crippen LogP contribution in [0, 0.1) is 5.82 Å². The van der Waals surface area contributed by atoms with Crippen molar-refractivity contribution in [3.05, 3.63) is 41.7 Å². The van der Waals surface area contributed by atoms with Crippen LogP contribution in [0.25, 0.3) is 6.08 Å². The number of hydrogen-bond acceptors (Lipinski definition) is 2. The number of hydrogen-bond donors (Lipinski definition) is 2. The second-order valence-electron chi connectivity index (χ2n) is 3.23. The Balaban J connectivity index is 2.37. The van der Waals surface area contributed by atoms with Crippen molar-refractivity contribution in [1.82, 2.24) is 5.32 Å². The molecular formula is C12H14FNO2. The third kappa shape index (κ3) is 4.70.